The Morgan fingerprint density at radius 1 is 1.22 bits per heavy atom. The molecule has 0 radical (unpaired) electrons. The number of ether oxygens (including phenoxy) is 2. The molecule has 1 aliphatic heterocycles. The maximum absolute atomic E-state index is 12.1. The van der Waals surface area contributed by atoms with Crippen LogP contribution in [-0.2, 0) is 11.4 Å². The van der Waals surface area contributed by atoms with Crippen molar-refractivity contribution in [3.05, 3.63) is 61.0 Å². The molecular formula is C19H15ClINO4S. The topological polar surface area (TPSA) is 55.8 Å². The van der Waals surface area contributed by atoms with Crippen LogP contribution in [0.25, 0.3) is 6.08 Å². The molecule has 1 saturated heterocycles. The highest BCUT2D eigenvalue weighted by Gasteiger charge is 2.31. The normalized spacial score (nSPS) is 15.6. The summed E-state index contributed by atoms with van der Waals surface area (Å²) >= 11 is 8.98. The molecule has 0 spiro atoms. The Hall–Kier alpha value is -1.71. The van der Waals surface area contributed by atoms with Crippen molar-refractivity contribution in [3.63, 3.8) is 0 Å². The summed E-state index contributed by atoms with van der Waals surface area (Å²) in [5.41, 5.74) is 1.74. The molecule has 5 nitrogen and oxygen atoms in total. The van der Waals surface area contributed by atoms with Gasteiger partial charge in [0.15, 0.2) is 11.5 Å². The van der Waals surface area contributed by atoms with E-state index >= 15 is 0 Å². The molecule has 140 valence electrons. The van der Waals surface area contributed by atoms with E-state index in [0.717, 1.165) is 31.4 Å². The third-order valence-corrected chi connectivity index (χ3v) is 5.85. The van der Waals surface area contributed by atoms with Gasteiger partial charge >= 0.3 is 0 Å². The fourth-order valence-electron chi connectivity index (χ4n) is 2.40. The van der Waals surface area contributed by atoms with Crippen LogP contribution < -0.4 is 9.47 Å². The minimum Gasteiger partial charge on any atom is -0.493 e. The number of methoxy groups -OCH3 is 1. The molecule has 3 rings (SSSR count). The first-order valence-corrected chi connectivity index (χ1v) is 10.1. The maximum Gasteiger partial charge on any atom is 0.293 e. The predicted molar refractivity (Wildman–Crippen MR) is 115 cm³/mol. The molecule has 8 heteroatoms. The third-order valence-electron chi connectivity index (χ3n) is 3.83. The highest BCUT2D eigenvalue weighted by atomic mass is 127. The van der Waals surface area contributed by atoms with Crippen LogP contribution >= 0.6 is 46.0 Å². The third kappa shape index (κ3) is 4.59. The lowest BCUT2D eigenvalue weighted by atomic mass is 10.1. The van der Waals surface area contributed by atoms with Gasteiger partial charge in [0.1, 0.15) is 6.61 Å². The lowest BCUT2D eigenvalue weighted by Crippen LogP contribution is -2.22. The summed E-state index contributed by atoms with van der Waals surface area (Å²) in [4.78, 5) is 25.2. The maximum atomic E-state index is 12.1. The van der Waals surface area contributed by atoms with Crippen molar-refractivity contribution in [2.24, 2.45) is 0 Å². The number of nitrogens with zero attached hydrogens (tertiary/aromatic N) is 1. The molecule has 27 heavy (non-hydrogen) atoms. The molecule has 0 N–H and O–H groups in total. The molecule has 0 aliphatic carbocycles. The van der Waals surface area contributed by atoms with E-state index in [0.29, 0.717) is 28.0 Å². The Bertz CT molecular complexity index is 930. The van der Waals surface area contributed by atoms with E-state index in [1.807, 2.05) is 30.3 Å². The number of amides is 2. The number of benzene rings is 2. The average molecular weight is 516 g/mol. The lowest BCUT2D eigenvalue weighted by Gasteiger charge is -2.14. The van der Waals surface area contributed by atoms with Gasteiger partial charge < -0.3 is 9.47 Å². The zero-order valence-electron chi connectivity index (χ0n) is 14.5. The Morgan fingerprint density at radius 2 is 1.93 bits per heavy atom. The molecule has 2 aromatic rings. The van der Waals surface area contributed by atoms with Gasteiger partial charge in [-0.05, 0) is 75.8 Å². The average Bonchev–Trinajstić information content (AvgIpc) is 2.88. The number of thioether (sulfide) groups is 1. The van der Waals surface area contributed by atoms with Gasteiger partial charge in [-0.25, -0.2) is 0 Å². The van der Waals surface area contributed by atoms with E-state index in [-0.39, 0.29) is 11.1 Å². The standard InChI is InChI=1S/C19H15ClINO4S/c1-22-18(23)16(27-19(22)24)9-12-7-14(21)17(15(8-12)25-2)26-10-11-3-5-13(20)6-4-11/h3-9H,10H2,1-2H3/b16-9+. The van der Waals surface area contributed by atoms with Gasteiger partial charge in [0, 0.05) is 12.1 Å². The van der Waals surface area contributed by atoms with Gasteiger partial charge in [-0.15, -0.1) is 0 Å². The fourth-order valence-corrected chi connectivity index (χ4v) is 4.13. The van der Waals surface area contributed by atoms with Gasteiger partial charge in [0.2, 0.25) is 0 Å². The second-order valence-corrected chi connectivity index (χ2v) is 8.28. The van der Waals surface area contributed by atoms with Crippen molar-refractivity contribution in [3.8, 4) is 11.5 Å². The molecular weight excluding hydrogens is 501 g/mol. The summed E-state index contributed by atoms with van der Waals surface area (Å²) in [5, 5.41) is 0.391. The van der Waals surface area contributed by atoms with Crippen LogP contribution in [-0.4, -0.2) is 30.2 Å². The van der Waals surface area contributed by atoms with E-state index in [4.69, 9.17) is 21.1 Å². The number of imide groups is 1. The lowest BCUT2D eigenvalue weighted by molar-refractivity contribution is -0.121. The summed E-state index contributed by atoms with van der Waals surface area (Å²) in [6.45, 7) is 0.373. The summed E-state index contributed by atoms with van der Waals surface area (Å²) in [5.74, 6) is 0.869. The number of hydrogen-bond donors (Lipinski definition) is 0. The van der Waals surface area contributed by atoms with Gasteiger partial charge in [0.25, 0.3) is 11.1 Å². The number of carbonyl (C=O) groups excluding carboxylic acids is 2. The zero-order chi connectivity index (χ0) is 19.6. The van der Waals surface area contributed by atoms with Crippen molar-refractivity contribution < 1.29 is 19.1 Å². The van der Waals surface area contributed by atoms with Crippen LogP contribution in [0.5, 0.6) is 11.5 Å². The molecule has 2 amide bonds. The van der Waals surface area contributed by atoms with Gasteiger partial charge in [-0.2, -0.15) is 0 Å². The van der Waals surface area contributed by atoms with Crippen molar-refractivity contribution in [2.45, 2.75) is 6.61 Å². The summed E-state index contributed by atoms with van der Waals surface area (Å²) in [6.07, 6.45) is 1.68. The smallest absolute Gasteiger partial charge is 0.293 e. The van der Waals surface area contributed by atoms with Crippen LogP contribution in [0.3, 0.4) is 0 Å². The minimum absolute atomic E-state index is 0.282. The van der Waals surface area contributed by atoms with Crippen molar-refractivity contribution >= 4 is 63.2 Å². The van der Waals surface area contributed by atoms with Gasteiger partial charge in [-0.1, -0.05) is 23.7 Å². The molecule has 1 aliphatic rings. The van der Waals surface area contributed by atoms with E-state index in [9.17, 15) is 9.59 Å². The van der Waals surface area contributed by atoms with E-state index in [1.54, 1.807) is 19.3 Å². The summed E-state index contributed by atoms with van der Waals surface area (Å²) in [6, 6.07) is 11.1. The molecule has 0 unspecified atom stereocenters. The Morgan fingerprint density at radius 3 is 2.52 bits per heavy atom. The predicted octanol–water partition coefficient (Wildman–Crippen LogP) is 5.20. The van der Waals surface area contributed by atoms with E-state index in [2.05, 4.69) is 22.6 Å². The zero-order valence-corrected chi connectivity index (χ0v) is 18.2. The van der Waals surface area contributed by atoms with Crippen LogP contribution in [0, 0.1) is 3.57 Å². The molecule has 0 bridgehead atoms. The fraction of sp³-hybridized carbons (Fsp3) is 0.158. The molecule has 1 heterocycles. The van der Waals surface area contributed by atoms with Gasteiger partial charge in [0.05, 0.1) is 15.6 Å². The second-order valence-electron chi connectivity index (χ2n) is 5.69. The quantitative estimate of drug-likeness (QED) is 0.405. The summed E-state index contributed by atoms with van der Waals surface area (Å²) < 4.78 is 12.2. The van der Waals surface area contributed by atoms with Crippen molar-refractivity contribution in [1.29, 1.82) is 0 Å². The highest BCUT2D eigenvalue weighted by Crippen LogP contribution is 2.37. The van der Waals surface area contributed by atoms with Crippen LogP contribution in [0.15, 0.2) is 41.3 Å². The Labute approximate surface area is 179 Å². The van der Waals surface area contributed by atoms with Crippen molar-refractivity contribution in [1.82, 2.24) is 4.90 Å². The Balaban J connectivity index is 1.84. The molecule has 0 atom stereocenters. The van der Waals surface area contributed by atoms with Crippen LogP contribution in [0.4, 0.5) is 4.79 Å². The number of hydrogen-bond acceptors (Lipinski definition) is 5. The number of likely N-dealkylation sites (N-methyl/N-ethyl adjacent to an activating group) is 1. The first kappa shape index (κ1) is 20.0. The van der Waals surface area contributed by atoms with Crippen LogP contribution in [0.2, 0.25) is 5.02 Å². The number of carbonyl (C=O) groups is 2. The molecule has 1 fully saturated rings. The first-order valence-electron chi connectivity index (χ1n) is 7.85. The molecule has 0 aromatic heterocycles. The molecule has 0 saturated carbocycles. The highest BCUT2D eigenvalue weighted by molar-refractivity contribution is 14.1. The summed E-state index contributed by atoms with van der Waals surface area (Å²) in [7, 11) is 3.03. The van der Waals surface area contributed by atoms with Crippen molar-refractivity contribution in [2.75, 3.05) is 14.2 Å². The number of halogens is 2. The van der Waals surface area contributed by atoms with E-state index < -0.39 is 0 Å². The van der Waals surface area contributed by atoms with E-state index in [1.165, 1.54) is 7.05 Å². The largest absolute Gasteiger partial charge is 0.493 e. The monoisotopic (exact) mass is 515 g/mol. The number of rotatable bonds is 5. The van der Waals surface area contributed by atoms with Gasteiger partial charge in [-0.3, -0.25) is 14.5 Å². The second kappa shape index (κ2) is 8.53. The van der Waals surface area contributed by atoms with Crippen LogP contribution in [0.1, 0.15) is 11.1 Å². The molecule has 2 aromatic carbocycles. The first-order chi connectivity index (χ1) is 12.9. The Kier molecular flexibility index (Phi) is 6.33. The SMILES string of the molecule is COc1cc(/C=C2/SC(=O)N(C)C2=O)cc(I)c1OCc1ccc(Cl)cc1. The minimum atomic E-state index is -0.304.